The molecule has 0 atom stereocenters. The minimum Gasteiger partial charge on any atom is -0.347 e. The normalized spacial score (nSPS) is 16.0. The molecule has 2 amide bonds. The second-order valence-corrected chi connectivity index (χ2v) is 7.55. The van der Waals surface area contributed by atoms with E-state index < -0.39 is 15.9 Å². The van der Waals surface area contributed by atoms with E-state index in [2.05, 4.69) is 10.4 Å². The summed E-state index contributed by atoms with van der Waals surface area (Å²) in [5.41, 5.74) is 0. The number of hydrogen-bond acceptors (Lipinski definition) is 5. The lowest BCUT2D eigenvalue weighted by Crippen LogP contribution is -2.40. The summed E-state index contributed by atoms with van der Waals surface area (Å²) in [4.78, 5) is 23.4. The van der Waals surface area contributed by atoms with Gasteiger partial charge in [-0.2, -0.15) is 5.10 Å². The van der Waals surface area contributed by atoms with Crippen molar-refractivity contribution >= 4 is 21.8 Å². The van der Waals surface area contributed by atoms with Crippen molar-refractivity contribution in [1.29, 1.82) is 0 Å². The number of rotatable bonds is 6. The van der Waals surface area contributed by atoms with Crippen molar-refractivity contribution in [2.45, 2.75) is 43.4 Å². The summed E-state index contributed by atoms with van der Waals surface area (Å²) in [7, 11) is -2.37. The van der Waals surface area contributed by atoms with Gasteiger partial charge in [0.1, 0.15) is 4.90 Å². The van der Waals surface area contributed by atoms with Crippen LogP contribution in [-0.2, 0) is 26.7 Å². The lowest BCUT2D eigenvalue weighted by Gasteiger charge is -2.20. The summed E-state index contributed by atoms with van der Waals surface area (Å²) in [5.74, 6) is -0.623. The van der Waals surface area contributed by atoms with Crippen LogP contribution in [-0.4, -0.2) is 36.6 Å². The van der Waals surface area contributed by atoms with E-state index in [9.17, 15) is 18.0 Å². The highest BCUT2D eigenvalue weighted by molar-refractivity contribution is 7.90. The summed E-state index contributed by atoms with van der Waals surface area (Å²) in [6.45, 7) is -0.356. The fraction of sp³-hybridized carbons (Fsp3) is 0.643. The predicted molar refractivity (Wildman–Crippen MR) is 82.7 cm³/mol. The maximum Gasteiger partial charge on any atom is 0.267 e. The Hall–Kier alpha value is -1.90. The van der Waals surface area contributed by atoms with Crippen LogP contribution in [0.15, 0.2) is 17.3 Å². The second-order valence-electron chi connectivity index (χ2n) is 5.86. The van der Waals surface area contributed by atoms with Crippen LogP contribution in [0.5, 0.6) is 0 Å². The van der Waals surface area contributed by atoms with Gasteiger partial charge in [0.05, 0.1) is 12.7 Å². The molecule has 0 radical (unpaired) electrons. The predicted octanol–water partition coefficient (Wildman–Crippen LogP) is 0.312. The zero-order valence-electron chi connectivity index (χ0n) is 13.1. The maximum atomic E-state index is 11.9. The lowest BCUT2D eigenvalue weighted by molar-refractivity contribution is -0.126. The summed E-state index contributed by atoms with van der Waals surface area (Å²) in [6, 6.07) is 0. The molecule has 1 fully saturated rings. The third-order valence-electron chi connectivity index (χ3n) is 3.88. The molecule has 0 spiro atoms. The molecule has 1 aromatic heterocycles. The summed E-state index contributed by atoms with van der Waals surface area (Å²) in [6.07, 6.45) is 8.40. The van der Waals surface area contributed by atoms with Gasteiger partial charge in [-0.3, -0.25) is 14.3 Å². The average Bonchev–Trinajstić information content (AvgIpc) is 2.93. The Morgan fingerprint density at radius 3 is 2.57 bits per heavy atom. The molecule has 1 heterocycles. The minimum absolute atomic E-state index is 0.0955. The highest BCUT2D eigenvalue weighted by Crippen LogP contribution is 2.25. The minimum atomic E-state index is -3.95. The molecule has 1 aromatic rings. The van der Waals surface area contributed by atoms with Crippen LogP contribution in [0, 0.1) is 5.92 Å². The van der Waals surface area contributed by atoms with Crippen LogP contribution < -0.4 is 10.0 Å². The number of sulfonamides is 1. The molecule has 0 aromatic carbocycles. The SMILES string of the molecule is Cn1cc(S(=O)(=O)NC(=O)CNC(=O)CC2CCCCC2)cn1. The van der Waals surface area contributed by atoms with Crippen LogP contribution >= 0.6 is 0 Å². The quantitative estimate of drug-likeness (QED) is 0.773. The first-order valence-electron chi connectivity index (χ1n) is 7.68. The average molecular weight is 342 g/mol. The number of nitrogens with one attached hydrogen (secondary N) is 2. The van der Waals surface area contributed by atoms with Gasteiger partial charge in [-0.05, 0) is 18.8 Å². The van der Waals surface area contributed by atoms with Gasteiger partial charge in [0.2, 0.25) is 5.91 Å². The third-order valence-corrected chi connectivity index (χ3v) is 5.21. The van der Waals surface area contributed by atoms with Crippen molar-refractivity contribution in [3.05, 3.63) is 12.4 Å². The molecule has 2 rings (SSSR count). The van der Waals surface area contributed by atoms with E-state index in [0.29, 0.717) is 12.3 Å². The van der Waals surface area contributed by atoms with Crippen molar-refractivity contribution in [3.63, 3.8) is 0 Å². The second kappa shape index (κ2) is 7.58. The van der Waals surface area contributed by atoms with Crippen molar-refractivity contribution in [2.75, 3.05) is 6.54 Å². The zero-order chi connectivity index (χ0) is 16.9. The Kier molecular flexibility index (Phi) is 5.75. The van der Waals surface area contributed by atoms with E-state index in [1.54, 1.807) is 7.05 Å². The van der Waals surface area contributed by atoms with E-state index in [4.69, 9.17) is 0 Å². The van der Waals surface area contributed by atoms with Crippen molar-refractivity contribution in [2.24, 2.45) is 13.0 Å². The van der Waals surface area contributed by atoms with Crippen LogP contribution in [0.3, 0.4) is 0 Å². The van der Waals surface area contributed by atoms with Gasteiger partial charge < -0.3 is 5.32 Å². The molecule has 0 saturated heterocycles. The van der Waals surface area contributed by atoms with Gasteiger partial charge in [0.25, 0.3) is 15.9 Å². The molecule has 1 aliphatic carbocycles. The number of amides is 2. The zero-order valence-corrected chi connectivity index (χ0v) is 13.9. The standard InChI is InChI=1S/C14H22N4O4S/c1-18-10-12(8-16-18)23(21,22)17-14(20)9-15-13(19)7-11-5-3-2-4-6-11/h8,10-11H,2-7,9H2,1H3,(H,15,19)(H,17,20). The Balaban J connectivity index is 1.77. The topological polar surface area (TPSA) is 110 Å². The van der Waals surface area contributed by atoms with E-state index in [1.165, 1.54) is 17.3 Å². The van der Waals surface area contributed by atoms with E-state index in [0.717, 1.165) is 31.9 Å². The fourth-order valence-corrected chi connectivity index (χ4v) is 3.65. The van der Waals surface area contributed by atoms with Crippen LogP contribution in [0.25, 0.3) is 0 Å². The van der Waals surface area contributed by atoms with Crippen LogP contribution in [0.2, 0.25) is 0 Å². The van der Waals surface area contributed by atoms with Gasteiger partial charge >= 0.3 is 0 Å². The molecular formula is C14H22N4O4S. The first-order chi connectivity index (χ1) is 10.9. The van der Waals surface area contributed by atoms with E-state index >= 15 is 0 Å². The Bertz CT molecular complexity index is 662. The number of carbonyl (C=O) groups excluding carboxylic acids is 2. The monoisotopic (exact) mass is 342 g/mol. The van der Waals surface area contributed by atoms with Crippen LogP contribution in [0.4, 0.5) is 0 Å². The molecule has 1 saturated carbocycles. The number of carbonyl (C=O) groups is 2. The highest BCUT2D eigenvalue weighted by atomic mass is 32.2. The Morgan fingerprint density at radius 1 is 1.26 bits per heavy atom. The summed E-state index contributed by atoms with van der Waals surface area (Å²) < 4.78 is 27.1. The lowest BCUT2D eigenvalue weighted by atomic mass is 9.87. The van der Waals surface area contributed by atoms with E-state index in [-0.39, 0.29) is 17.3 Å². The number of aryl methyl sites for hydroxylation is 1. The van der Waals surface area contributed by atoms with Crippen LogP contribution in [0.1, 0.15) is 38.5 Å². The largest absolute Gasteiger partial charge is 0.347 e. The molecule has 0 unspecified atom stereocenters. The third kappa shape index (κ3) is 5.34. The number of nitrogens with zero attached hydrogens (tertiary/aromatic N) is 2. The summed E-state index contributed by atoms with van der Waals surface area (Å²) >= 11 is 0. The first kappa shape index (κ1) is 17.5. The Morgan fingerprint density at radius 2 is 1.96 bits per heavy atom. The molecule has 0 aliphatic heterocycles. The van der Waals surface area contributed by atoms with Gasteiger partial charge in [-0.25, -0.2) is 13.1 Å². The van der Waals surface area contributed by atoms with Crippen molar-refractivity contribution in [3.8, 4) is 0 Å². The number of aromatic nitrogens is 2. The maximum absolute atomic E-state index is 11.9. The summed E-state index contributed by atoms with van der Waals surface area (Å²) in [5, 5.41) is 6.22. The van der Waals surface area contributed by atoms with E-state index in [1.807, 2.05) is 4.72 Å². The number of hydrogen-bond donors (Lipinski definition) is 2. The van der Waals surface area contributed by atoms with Gasteiger partial charge in [0.15, 0.2) is 0 Å². The van der Waals surface area contributed by atoms with Crippen molar-refractivity contribution < 1.29 is 18.0 Å². The highest BCUT2D eigenvalue weighted by Gasteiger charge is 2.21. The molecule has 1 aliphatic rings. The fourth-order valence-electron chi connectivity index (χ4n) is 2.69. The molecule has 8 nitrogen and oxygen atoms in total. The molecule has 2 N–H and O–H groups in total. The van der Waals surface area contributed by atoms with Crippen molar-refractivity contribution in [1.82, 2.24) is 19.8 Å². The molecule has 9 heteroatoms. The van der Waals surface area contributed by atoms with Gasteiger partial charge in [0, 0.05) is 19.7 Å². The molecule has 0 bridgehead atoms. The van der Waals surface area contributed by atoms with Gasteiger partial charge in [-0.15, -0.1) is 0 Å². The first-order valence-corrected chi connectivity index (χ1v) is 9.16. The smallest absolute Gasteiger partial charge is 0.267 e. The molecule has 23 heavy (non-hydrogen) atoms. The molecular weight excluding hydrogens is 320 g/mol. The van der Waals surface area contributed by atoms with Gasteiger partial charge in [-0.1, -0.05) is 19.3 Å². The molecule has 128 valence electrons. The Labute approximate surface area is 135 Å².